The largest absolute Gasteiger partial charge is 0.454 e. The van der Waals surface area contributed by atoms with Gasteiger partial charge in [-0.05, 0) is 35.7 Å². The van der Waals surface area contributed by atoms with Crippen LogP contribution in [0.25, 0.3) is 21.7 Å². The predicted molar refractivity (Wildman–Crippen MR) is 104 cm³/mol. The van der Waals surface area contributed by atoms with Crippen LogP contribution < -0.4 is 14.8 Å². The summed E-state index contributed by atoms with van der Waals surface area (Å²) in [5.41, 5.74) is 2.48. The highest BCUT2D eigenvalue weighted by Gasteiger charge is 2.17. The molecule has 1 aliphatic heterocycles. The van der Waals surface area contributed by atoms with Gasteiger partial charge in [-0.3, -0.25) is 4.79 Å². The van der Waals surface area contributed by atoms with Gasteiger partial charge < -0.3 is 19.4 Å². The second kappa shape index (κ2) is 6.44. The van der Waals surface area contributed by atoms with Crippen LogP contribution in [0.15, 0.2) is 60.0 Å². The number of rotatable bonds is 4. The van der Waals surface area contributed by atoms with Gasteiger partial charge in [0.05, 0.1) is 15.9 Å². The Hall–Kier alpha value is -3.32. The molecule has 0 saturated heterocycles. The molecule has 0 aliphatic carbocycles. The number of amides is 1. The van der Waals surface area contributed by atoms with Crippen LogP contribution in [0.5, 0.6) is 11.5 Å². The van der Waals surface area contributed by atoms with Gasteiger partial charge >= 0.3 is 0 Å². The summed E-state index contributed by atoms with van der Waals surface area (Å²) in [7, 11) is 0. The van der Waals surface area contributed by atoms with Crippen LogP contribution >= 0.6 is 11.3 Å². The molecule has 7 heteroatoms. The maximum absolute atomic E-state index is 12.7. The average molecular weight is 377 g/mol. The van der Waals surface area contributed by atoms with E-state index in [0.29, 0.717) is 17.2 Å². The number of carbonyl (C=O) groups is 1. The van der Waals surface area contributed by atoms with Crippen molar-refractivity contribution in [2.24, 2.45) is 0 Å². The molecule has 1 N–H and O–H groups in total. The van der Waals surface area contributed by atoms with Gasteiger partial charge in [0.25, 0.3) is 0 Å². The number of fused-ring (bicyclic) bond motifs is 2. The van der Waals surface area contributed by atoms with E-state index < -0.39 is 0 Å². The normalized spacial score (nSPS) is 12.4. The van der Waals surface area contributed by atoms with Gasteiger partial charge in [0.15, 0.2) is 17.3 Å². The second-order valence-corrected chi connectivity index (χ2v) is 7.05. The SMILES string of the molecule is O=C(Cn1c(-c2cccs2)nc2ccccc21)Nc1ccc2c(c1)OCO2. The number of nitrogens with zero attached hydrogens (tertiary/aromatic N) is 2. The molecule has 0 atom stereocenters. The topological polar surface area (TPSA) is 65.4 Å². The molecule has 27 heavy (non-hydrogen) atoms. The molecule has 0 radical (unpaired) electrons. The summed E-state index contributed by atoms with van der Waals surface area (Å²) in [6, 6.07) is 17.2. The van der Waals surface area contributed by atoms with E-state index >= 15 is 0 Å². The number of carbonyl (C=O) groups excluding carboxylic acids is 1. The summed E-state index contributed by atoms with van der Waals surface area (Å²) in [5, 5.41) is 4.93. The van der Waals surface area contributed by atoms with Crippen molar-refractivity contribution in [3.63, 3.8) is 0 Å². The third-order valence-electron chi connectivity index (χ3n) is 4.35. The molecule has 2 aromatic carbocycles. The highest BCUT2D eigenvalue weighted by atomic mass is 32.1. The molecule has 0 spiro atoms. The number of anilines is 1. The number of hydrogen-bond acceptors (Lipinski definition) is 5. The van der Waals surface area contributed by atoms with Crippen LogP contribution in [0.4, 0.5) is 5.69 Å². The van der Waals surface area contributed by atoms with Crippen molar-refractivity contribution >= 4 is 34.0 Å². The Morgan fingerprint density at radius 3 is 2.89 bits per heavy atom. The summed E-state index contributed by atoms with van der Waals surface area (Å²) in [6.07, 6.45) is 0. The molecular weight excluding hydrogens is 362 g/mol. The number of ether oxygens (including phenoxy) is 2. The molecule has 6 nitrogen and oxygen atoms in total. The van der Waals surface area contributed by atoms with Crippen molar-refractivity contribution in [2.75, 3.05) is 12.1 Å². The first-order valence-corrected chi connectivity index (χ1v) is 9.34. The summed E-state index contributed by atoms with van der Waals surface area (Å²) >= 11 is 1.60. The highest BCUT2D eigenvalue weighted by molar-refractivity contribution is 7.13. The molecule has 3 heterocycles. The van der Waals surface area contributed by atoms with Crippen molar-refractivity contribution in [1.82, 2.24) is 9.55 Å². The van der Waals surface area contributed by atoms with Gasteiger partial charge in [-0.25, -0.2) is 4.98 Å². The lowest BCUT2D eigenvalue weighted by atomic mass is 10.2. The minimum Gasteiger partial charge on any atom is -0.454 e. The Morgan fingerprint density at radius 2 is 2.00 bits per heavy atom. The molecule has 0 bridgehead atoms. The van der Waals surface area contributed by atoms with Crippen molar-refractivity contribution in [1.29, 1.82) is 0 Å². The number of thiophene rings is 1. The monoisotopic (exact) mass is 377 g/mol. The third kappa shape index (κ3) is 2.92. The van der Waals surface area contributed by atoms with E-state index in [2.05, 4.69) is 5.32 Å². The van der Waals surface area contributed by atoms with E-state index in [-0.39, 0.29) is 19.2 Å². The van der Waals surface area contributed by atoms with E-state index in [1.54, 1.807) is 29.5 Å². The maximum atomic E-state index is 12.7. The fourth-order valence-corrected chi connectivity index (χ4v) is 3.87. The molecular formula is C20H15N3O3S. The quantitative estimate of drug-likeness (QED) is 0.581. The van der Waals surface area contributed by atoms with Crippen LogP contribution in [-0.2, 0) is 11.3 Å². The Kier molecular flexibility index (Phi) is 3.79. The third-order valence-corrected chi connectivity index (χ3v) is 5.22. The number of benzene rings is 2. The zero-order valence-electron chi connectivity index (χ0n) is 14.2. The molecule has 1 aliphatic rings. The Balaban J connectivity index is 1.45. The fraction of sp³-hybridized carbons (Fsp3) is 0.100. The van der Waals surface area contributed by atoms with E-state index in [1.165, 1.54) is 0 Å². The predicted octanol–water partition coefficient (Wildman–Crippen LogP) is 4.13. The van der Waals surface area contributed by atoms with E-state index in [4.69, 9.17) is 14.5 Å². The van der Waals surface area contributed by atoms with Crippen molar-refractivity contribution in [2.45, 2.75) is 6.54 Å². The maximum Gasteiger partial charge on any atom is 0.244 e. The fourth-order valence-electron chi connectivity index (χ4n) is 3.15. The smallest absolute Gasteiger partial charge is 0.244 e. The first-order chi connectivity index (χ1) is 13.3. The Bertz CT molecular complexity index is 1130. The molecule has 4 aromatic rings. The number of para-hydroxylation sites is 2. The molecule has 5 rings (SSSR count). The number of aromatic nitrogens is 2. The summed E-state index contributed by atoms with van der Waals surface area (Å²) in [4.78, 5) is 18.5. The molecule has 1 amide bonds. The van der Waals surface area contributed by atoms with Crippen LogP contribution in [-0.4, -0.2) is 22.3 Å². The zero-order valence-corrected chi connectivity index (χ0v) is 15.0. The van der Waals surface area contributed by atoms with Crippen LogP contribution in [0.3, 0.4) is 0 Å². The van der Waals surface area contributed by atoms with Crippen molar-refractivity contribution in [3.8, 4) is 22.2 Å². The van der Waals surface area contributed by atoms with Crippen LogP contribution in [0.1, 0.15) is 0 Å². The standard InChI is InChI=1S/C20H15N3O3S/c24-19(21-13-7-8-16-17(10-13)26-12-25-16)11-23-15-5-2-1-4-14(15)22-20(23)18-6-3-9-27-18/h1-10H,11-12H2,(H,21,24). The van der Waals surface area contributed by atoms with Gasteiger partial charge in [0.1, 0.15) is 6.54 Å². The zero-order chi connectivity index (χ0) is 18.2. The van der Waals surface area contributed by atoms with E-state index in [9.17, 15) is 4.79 Å². The summed E-state index contributed by atoms with van der Waals surface area (Å²) < 4.78 is 12.6. The molecule has 0 saturated carbocycles. The number of hydrogen-bond donors (Lipinski definition) is 1. The van der Waals surface area contributed by atoms with Crippen molar-refractivity contribution < 1.29 is 14.3 Å². The Morgan fingerprint density at radius 1 is 1.11 bits per heavy atom. The second-order valence-electron chi connectivity index (χ2n) is 6.10. The lowest BCUT2D eigenvalue weighted by Gasteiger charge is -2.10. The number of imidazole rings is 1. The first-order valence-electron chi connectivity index (χ1n) is 8.46. The molecule has 2 aromatic heterocycles. The van der Waals surface area contributed by atoms with Crippen LogP contribution in [0, 0.1) is 0 Å². The lowest BCUT2D eigenvalue weighted by molar-refractivity contribution is -0.116. The molecule has 0 unspecified atom stereocenters. The average Bonchev–Trinajstić information content (AvgIpc) is 3.41. The Labute approximate surface area is 159 Å². The summed E-state index contributed by atoms with van der Waals surface area (Å²) in [6.45, 7) is 0.375. The summed E-state index contributed by atoms with van der Waals surface area (Å²) in [5.74, 6) is 2.00. The van der Waals surface area contributed by atoms with Gasteiger partial charge in [-0.15, -0.1) is 11.3 Å². The van der Waals surface area contributed by atoms with Gasteiger partial charge in [-0.1, -0.05) is 18.2 Å². The number of nitrogens with one attached hydrogen (secondary N) is 1. The minimum absolute atomic E-state index is 0.130. The molecule has 0 fully saturated rings. The van der Waals surface area contributed by atoms with Gasteiger partial charge in [0, 0.05) is 11.8 Å². The van der Waals surface area contributed by atoms with Crippen molar-refractivity contribution in [3.05, 3.63) is 60.0 Å². The highest BCUT2D eigenvalue weighted by Crippen LogP contribution is 2.34. The van der Waals surface area contributed by atoms with Crippen LogP contribution in [0.2, 0.25) is 0 Å². The van der Waals surface area contributed by atoms with E-state index in [1.807, 2.05) is 46.3 Å². The lowest BCUT2D eigenvalue weighted by Crippen LogP contribution is -2.19. The van der Waals surface area contributed by atoms with E-state index in [0.717, 1.165) is 21.7 Å². The molecule has 134 valence electrons. The van der Waals surface area contributed by atoms with Gasteiger partial charge in [0.2, 0.25) is 12.7 Å². The van der Waals surface area contributed by atoms with Gasteiger partial charge in [-0.2, -0.15) is 0 Å². The minimum atomic E-state index is -0.130. The first kappa shape index (κ1) is 15.9.